The number of rotatable bonds is 5. The highest BCUT2D eigenvalue weighted by molar-refractivity contribution is 9.10. The summed E-state index contributed by atoms with van der Waals surface area (Å²) >= 11 is 3.58. The lowest BCUT2D eigenvalue weighted by Gasteiger charge is -2.15. The molecule has 0 aliphatic heterocycles. The fraction of sp³-hybridized carbons (Fsp3) is 0.0333. The van der Waals surface area contributed by atoms with Crippen LogP contribution in [0.15, 0.2) is 125 Å². The number of aromatic nitrogens is 1. The van der Waals surface area contributed by atoms with Crippen molar-refractivity contribution in [2.45, 2.75) is 6.92 Å². The van der Waals surface area contributed by atoms with Gasteiger partial charge in [0.15, 0.2) is 0 Å². The molecule has 0 aliphatic rings. The Balaban J connectivity index is 1.78. The molecule has 33 heavy (non-hydrogen) atoms. The van der Waals surface area contributed by atoms with E-state index >= 15 is 0 Å². The van der Waals surface area contributed by atoms with E-state index in [9.17, 15) is 0 Å². The minimum atomic E-state index is 0.981. The molecule has 0 fully saturated rings. The Bertz CT molecular complexity index is 1400. The molecular weight excluding hydrogens is 468 g/mol. The maximum atomic E-state index is 4.87. The number of aliphatic imine (C=N–C) groups is 1. The summed E-state index contributed by atoms with van der Waals surface area (Å²) in [5, 5.41) is 0. The second kappa shape index (κ2) is 9.43. The molecule has 1 aromatic heterocycles. The third kappa shape index (κ3) is 4.46. The summed E-state index contributed by atoms with van der Waals surface area (Å²) < 4.78 is 3.39. The minimum Gasteiger partial charge on any atom is -0.309 e. The van der Waals surface area contributed by atoms with Crippen molar-refractivity contribution in [1.82, 2.24) is 4.57 Å². The Morgan fingerprint density at radius 2 is 1.30 bits per heavy atom. The molecule has 5 rings (SSSR count). The summed E-state index contributed by atoms with van der Waals surface area (Å²) in [6.07, 6.45) is 1.99. The van der Waals surface area contributed by atoms with Crippen molar-refractivity contribution in [2.24, 2.45) is 4.99 Å². The first kappa shape index (κ1) is 21.2. The van der Waals surface area contributed by atoms with Crippen molar-refractivity contribution in [2.75, 3.05) is 0 Å². The molecule has 0 bridgehead atoms. The van der Waals surface area contributed by atoms with Gasteiger partial charge in [0.25, 0.3) is 0 Å². The van der Waals surface area contributed by atoms with Crippen LogP contribution < -0.4 is 0 Å². The van der Waals surface area contributed by atoms with Gasteiger partial charge in [-0.05, 0) is 60.0 Å². The molecule has 0 saturated carbocycles. The quantitative estimate of drug-likeness (QED) is 0.219. The van der Waals surface area contributed by atoms with Gasteiger partial charge in [-0.1, -0.05) is 94.8 Å². The van der Waals surface area contributed by atoms with Crippen LogP contribution >= 0.6 is 15.9 Å². The van der Waals surface area contributed by atoms with E-state index in [0.29, 0.717) is 0 Å². The summed E-state index contributed by atoms with van der Waals surface area (Å²) in [6, 6.07) is 40.0. The number of hydrogen-bond donors (Lipinski definition) is 0. The summed E-state index contributed by atoms with van der Waals surface area (Å²) in [5.74, 6) is 0. The van der Waals surface area contributed by atoms with Gasteiger partial charge in [-0.3, -0.25) is 4.99 Å². The van der Waals surface area contributed by atoms with Gasteiger partial charge >= 0.3 is 0 Å². The average molecular weight is 491 g/mol. The first-order chi connectivity index (χ1) is 16.2. The molecule has 0 unspecified atom stereocenters. The molecule has 0 N–H and O–H groups in total. The Labute approximate surface area is 203 Å². The molecule has 3 heteroatoms. The largest absolute Gasteiger partial charge is 0.309 e. The number of aryl methyl sites for hydroxylation is 1. The van der Waals surface area contributed by atoms with Gasteiger partial charge in [-0.15, -0.1) is 0 Å². The minimum absolute atomic E-state index is 0.981. The van der Waals surface area contributed by atoms with Gasteiger partial charge in [-0.25, -0.2) is 0 Å². The fourth-order valence-electron chi connectivity index (χ4n) is 4.05. The summed E-state index contributed by atoms with van der Waals surface area (Å²) in [4.78, 5) is 4.87. The van der Waals surface area contributed by atoms with Crippen LogP contribution in [0.1, 0.15) is 11.1 Å². The second-order valence-electron chi connectivity index (χ2n) is 7.92. The second-order valence-corrected chi connectivity index (χ2v) is 8.84. The standard InChI is InChI=1S/C30H23BrN2/c1-22-10-8-9-15-28(22)32-21-25-20-29(23-11-4-2-5-12-23)33(27-18-16-26(31)17-19-27)30(25)24-13-6-3-7-14-24/h2-21H,1H3. The Morgan fingerprint density at radius 1 is 0.697 bits per heavy atom. The van der Waals surface area contributed by atoms with Crippen LogP contribution in [-0.4, -0.2) is 10.8 Å². The van der Waals surface area contributed by atoms with Gasteiger partial charge in [0, 0.05) is 21.9 Å². The molecule has 160 valence electrons. The molecule has 0 spiro atoms. The lowest BCUT2D eigenvalue weighted by molar-refractivity contribution is 1.09. The van der Waals surface area contributed by atoms with E-state index in [1.165, 1.54) is 0 Å². The summed E-state index contributed by atoms with van der Waals surface area (Å²) in [7, 11) is 0. The van der Waals surface area contributed by atoms with Gasteiger partial charge in [0.1, 0.15) is 0 Å². The molecule has 2 nitrogen and oxygen atoms in total. The third-order valence-electron chi connectivity index (χ3n) is 5.69. The predicted molar refractivity (Wildman–Crippen MR) is 143 cm³/mol. The van der Waals surface area contributed by atoms with E-state index in [4.69, 9.17) is 4.99 Å². The van der Waals surface area contributed by atoms with Crippen LogP contribution in [0, 0.1) is 6.92 Å². The maximum Gasteiger partial charge on any atom is 0.0659 e. The molecule has 0 atom stereocenters. The van der Waals surface area contributed by atoms with Crippen molar-refractivity contribution < 1.29 is 0 Å². The van der Waals surface area contributed by atoms with Crippen molar-refractivity contribution in [1.29, 1.82) is 0 Å². The smallest absolute Gasteiger partial charge is 0.0659 e. The monoisotopic (exact) mass is 490 g/mol. The molecule has 0 saturated heterocycles. The molecule has 0 amide bonds. The highest BCUT2D eigenvalue weighted by Crippen LogP contribution is 2.36. The zero-order valence-electron chi connectivity index (χ0n) is 18.3. The predicted octanol–water partition coefficient (Wildman–Crippen LogP) is 8.63. The lowest BCUT2D eigenvalue weighted by Crippen LogP contribution is -2.00. The summed E-state index contributed by atoms with van der Waals surface area (Å²) in [6.45, 7) is 2.09. The van der Waals surface area contributed by atoms with Gasteiger partial charge < -0.3 is 4.57 Å². The van der Waals surface area contributed by atoms with Crippen LogP contribution in [0.25, 0.3) is 28.2 Å². The molecule has 1 heterocycles. The molecule has 4 aromatic carbocycles. The van der Waals surface area contributed by atoms with Crippen molar-refractivity contribution in [3.63, 3.8) is 0 Å². The fourth-order valence-corrected chi connectivity index (χ4v) is 4.31. The molecular formula is C30H23BrN2. The zero-order chi connectivity index (χ0) is 22.6. The van der Waals surface area contributed by atoms with Crippen LogP contribution in [-0.2, 0) is 0 Å². The molecule has 0 aliphatic carbocycles. The van der Waals surface area contributed by atoms with Crippen molar-refractivity contribution in [3.8, 4) is 28.2 Å². The normalized spacial score (nSPS) is 11.2. The Kier molecular flexibility index (Phi) is 6.05. The third-order valence-corrected chi connectivity index (χ3v) is 6.22. The highest BCUT2D eigenvalue weighted by Gasteiger charge is 2.18. The van der Waals surface area contributed by atoms with E-state index in [0.717, 1.165) is 49.5 Å². The average Bonchev–Trinajstić information content (AvgIpc) is 3.24. The maximum absolute atomic E-state index is 4.87. The van der Waals surface area contributed by atoms with Gasteiger partial charge in [-0.2, -0.15) is 0 Å². The molecule has 5 aromatic rings. The molecule has 0 radical (unpaired) electrons. The first-order valence-electron chi connectivity index (χ1n) is 10.9. The van der Waals surface area contributed by atoms with Crippen LogP contribution in [0.2, 0.25) is 0 Å². The summed E-state index contributed by atoms with van der Waals surface area (Å²) in [5.41, 5.74) is 8.87. The number of halogens is 1. The van der Waals surface area contributed by atoms with Crippen LogP contribution in [0.5, 0.6) is 0 Å². The van der Waals surface area contributed by atoms with E-state index in [2.05, 4.69) is 131 Å². The van der Waals surface area contributed by atoms with E-state index in [-0.39, 0.29) is 0 Å². The van der Waals surface area contributed by atoms with Gasteiger partial charge in [0.05, 0.1) is 17.1 Å². The van der Waals surface area contributed by atoms with Crippen molar-refractivity contribution in [3.05, 3.63) is 131 Å². The van der Waals surface area contributed by atoms with Crippen molar-refractivity contribution >= 4 is 27.8 Å². The highest BCUT2D eigenvalue weighted by atomic mass is 79.9. The Morgan fingerprint density at radius 3 is 1.97 bits per heavy atom. The SMILES string of the molecule is Cc1ccccc1N=Cc1cc(-c2ccccc2)n(-c2ccc(Br)cc2)c1-c1ccccc1. The number of hydrogen-bond acceptors (Lipinski definition) is 1. The Hall–Kier alpha value is -3.69. The zero-order valence-corrected chi connectivity index (χ0v) is 19.9. The number of para-hydroxylation sites is 1. The van der Waals surface area contributed by atoms with E-state index < -0.39 is 0 Å². The van der Waals surface area contributed by atoms with Crippen LogP contribution in [0.3, 0.4) is 0 Å². The lowest BCUT2D eigenvalue weighted by atomic mass is 10.1. The topological polar surface area (TPSA) is 17.3 Å². The van der Waals surface area contributed by atoms with E-state index in [1.54, 1.807) is 0 Å². The number of benzene rings is 4. The number of nitrogens with zero attached hydrogens (tertiary/aromatic N) is 2. The van der Waals surface area contributed by atoms with Gasteiger partial charge in [0.2, 0.25) is 0 Å². The first-order valence-corrected chi connectivity index (χ1v) is 11.7. The van der Waals surface area contributed by atoms with E-state index in [1.807, 2.05) is 18.3 Å². The van der Waals surface area contributed by atoms with Crippen LogP contribution in [0.4, 0.5) is 5.69 Å².